The second-order valence-electron chi connectivity index (χ2n) is 6.54. The van der Waals surface area contributed by atoms with Crippen LogP contribution in [-0.2, 0) is 0 Å². The van der Waals surface area contributed by atoms with Crippen LogP contribution in [0.25, 0.3) is 0 Å². The molecule has 0 saturated carbocycles. The molecule has 1 fully saturated rings. The maximum atomic E-state index is 13.0. The van der Waals surface area contributed by atoms with Crippen LogP contribution >= 0.6 is 11.8 Å². The average Bonchev–Trinajstić information content (AvgIpc) is 2.63. The van der Waals surface area contributed by atoms with Crippen LogP contribution in [0.2, 0.25) is 0 Å². The topological polar surface area (TPSA) is 26.7 Å². The monoisotopic (exact) mass is 360 g/mol. The van der Waals surface area contributed by atoms with E-state index >= 15 is 0 Å². The Hall–Kier alpha value is -1.56. The van der Waals surface area contributed by atoms with Gasteiger partial charge in [0.1, 0.15) is 5.82 Å². The smallest absolute Gasteiger partial charge is 0.123 e. The lowest BCUT2D eigenvalue weighted by molar-refractivity contribution is 0.126. The molecule has 5 heteroatoms. The molecular formula is C20H25FN2OS. The molecule has 1 N–H and O–H groups in total. The average molecular weight is 360 g/mol. The molecule has 0 unspecified atom stereocenters. The third-order valence-corrected chi connectivity index (χ3v) is 5.65. The van der Waals surface area contributed by atoms with Gasteiger partial charge in [-0.3, -0.25) is 4.90 Å². The van der Waals surface area contributed by atoms with Crippen LogP contribution in [0, 0.1) is 12.7 Å². The summed E-state index contributed by atoms with van der Waals surface area (Å²) in [6, 6.07) is 15.1. The minimum Gasteiger partial charge on any atom is -0.391 e. The van der Waals surface area contributed by atoms with E-state index in [4.69, 9.17) is 0 Å². The normalized spacial score (nSPS) is 16.8. The summed E-state index contributed by atoms with van der Waals surface area (Å²) in [5.74, 6) is 0.512. The summed E-state index contributed by atoms with van der Waals surface area (Å²) >= 11 is 1.70. The van der Waals surface area contributed by atoms with Gasteiger partial charge in [0.25, 0.3) is 0 Å². The SMILES string of the molecule is Cc1ccc(SC[C@H](O)CN2CCN(c3ccc(F)cc3)CC2)cc1. The lowest BCUT2D eigenvalue weighted by Gasteiger charge is -2.36. The highest BCUT2D eigenvalue weighted by Gasteiger charge is 2.19. The van der Waals surface area contributed by atoms with E-state index in [1.807, 2.05) is 12.1 Å². The van der Waals surface area contributed by atoms with Crippen molar-refractivity contribution in [3.8, 4) is 0 Å². The van der Waals surface area contributed by atoms with Crippen LogP contribution in [0.3, 0.4) is 0 Å². The van der Waals surface area contributed by atoms with Crippen molar-refractivity contribution < 1.29 is 9.50 Å². The van der Waals surface area contributed by atoms with Crippen molar-refractivity contribution in [3.05, 3.63) is 59.9 Å². The molecule has 0 radical (unpaired) electrons. The van der Waals surface area contributed by atoms with Crippen LogP contribution < -0.4 is 4.90 Å². The van der Waals surface area contributed by atoms with Crippen molar-refractivity contribution >= 4 is 17.4 Å². The van der Waals surface area contributed by atoms with Gasteiger partial charge >= 0.3 is 0 Å². The zero-order chi connectivity index (χ0) is 17.6. The number of β-amino-alcohol motifs (C(OH)–C–C–N with tert-alkyl or cyclic N) is 1. The maximum Gasteiger partial charge on any atom is 0.123 e. The van der Waals surface area contributed by atoms with Gasteiger partial charge in [-0.2, -0.15) is 0 Å². The standard InChI is InChI=1S/C20H25FN2OS/c1-16-2-8-20(9-3-16)25-15-19(24)14-22-10-12-23(13-11-22)18-6-4-17(21)5-7-18/h2-9,19,24H,10-15H2,1H3/t19-/m1/s1. The molecule has 0 spiro atoms. The molecule has 1 atom stereocenters. The fourth-order valence-electron chi connectivity index (χ4n) is 3.02. The first kappa shape index (κ1) is 18.2. The Kier molecular flexibility index (Phi) is 6.34. The molecule has 2 aromatic rings. The first-order valence-electron chi connectivity index (χ1n) is 8.70. The summed E-state index contributed by atoms with van der Waals surface area (Å²) in [5, 5.41) is 10.3. The number of nitrogens with zero attached hydrogens (tertiary/aromatic N) is 2. The second kappa shape index (κ2) is 8.70. The molecule has 25 heavy (non-hydrogen) atoms. The lowest BCUT2D eigenvalue weighted by atomic mass is 10.2. The molecule has 3 nitrogen and oxygen atoms in total. The molecule has 0 aromatic heterocycles. The number of benzene rings is 2. The number of hydrogen-bond donors (Lipinski definition) is 1. The Balaban J connectivity index is 1.40. The Bertz CT molecular complexity index is 654. The second-order valence-corrected chi connectivity index (χ2v) is 7.64. The van der Waals surface area contributed by atoms with Crippen molar-refractivity contribution in [2.45, 2.75) is 17.9 Å². The maximum absolute atomic E-state index is 13.0. The van der Waals surface area contributed by atoms with E-state index in [2.05, 4.69) is 41.0 Å². The van der Waals surface area contributed by atoms with E-state index in [9.17, 15) is 9.50 Å². The zero-order valence-electron chi connectivity index (χ0n) is 14.6. The van der Waals surface area contributed by atoms with Crippen molar-refractivity contribution in [3.63, 3.8) is 0 Å². The van der Waals surface area contributed by atoms with Crippen LogP contribution in [0.15, 0.2) is 53.4 Å². The van der Waals surface area contributed by atoms with E-state index in [0.717, 1.165) is 31.9 Å². The number of piperazine rings is 1. The van der Waals surface area contributed by atoms with Crippen molar-refractivity contribution in [1.82, 2.24) is 4.90 Å². The van der Waals surface area contributed by atoms with Gasteiger partial charge in [0.2, 0.25) is 0 Å². The van der Waals surface area contributed by atoms with Gasteiger partial charge in [0.15, 0.2) is 0 Å². The molecule has 0 amide bonds. The minimum atomic E-state index is -0.330. The minimum absolute atomic E-state index is 0.198. The van der Waals surface area contributed by atoms with Gasteiger partial charge < -0.3 is 10.0 Å². The predicted octanol–water partition coefficient (Wildman–Crippen LogP) is 3.41. The Morgan fingerprint density at radius 2 is 1.64 bits per heavy atom. The van der Waals surface area contributed by atoms with Gasteiger partial charge in [0, 0.05) is 49.1 Å². The molecule has 0 bridgehead atoms. The molecule has 2 aromatic carbocycles. The summed E-state index contributed by atoms with van der Waals surface area (Å²) in [4.78, 5) is 5.77. The van der Waals surface area contributed by atoms with Gasteiger partial charge in [-0.05, 0) is 43.3 Å². The van der Waals surface area contributed by atoms with Gasteiger partial charge in [-0.15, -0.1) is 11.8 Å². The molecule has 1 heterocycles. The van der Waals surface area contributed by atoms with Crippen LogP contribution in [0.4, 0.5) is 10.1 Å². The number of aryl methyl sites for hydroxylation is 1. The van der Waals surface area contributed by atoms with Crippen LogP contribution in [0.5, 0.6) is 0 Å². The van der Waals surface area contributed by atoms with Crippen LogP contribution in [0.1, 0.15) is 5.56 Å². The summed E-state index contributed by atoms with van der Waals surface area (Å²) < 4.78 is 13.0. The quantitative estimate of drug-likeness (QED) is 0.799. The van der Waals surface area contributed by atoms with Crippen molar-refractivity contribution in [2.24, 2.45) is 0 Å². The predicted molar refractivity (Wildman–Crippen MR) is 103 cm³/mol. The summed E-state index contributed by atoms with van der Waals surface area (Å²) in [5.41, 5.74) is 2.32. The van der Waals surface area contributed by atoms with E-state index in [-0.39, 0.29) is 11.9 Å². The summed E-state index contributed by atoms with van der Waals surface area (Å²) in [6.45, 7) is 6.44. The number of hydrogen-bond acceptors (Lipinski definition) is 4. The number of thioether (sulfide) groups is 1. The number of rotatable bonds is 6. The first-order valence-corrected chi connectivity index (χ1v) is 9.69. The molecule has 3 rings (SSSR count). The largest absolute Gasteiger partial charge is 0.391 e. The van der Waals surface area contributed by atoms with Crippen molar-refractivity contribution in [2.75, 3.05) is 43.4 Å². The zero-order valence-corrected chi connectivity index (χ0v) is 15.4. The van der Waals surface area contributed by atoms with E-state index in [0.29, 0.717) is 12.3 Å². The highest BCUT2D eigenvalue weighted by Crippen LogP contribution is 2.20. The Morgan fingerprint density at radius 1 is 1.00 bits per heavy atom. The van der Waals surface area contributed by atoms with E-state index in [1.54, 1.807) is 11.8 Å². The molecular weight excluding hydrogens is 335 g/mol. The molecule has 1 aliphatic heterocycles. The number of aliphatic hydroxyl groups is 1. The fourth-order valence-corrected chi connectivity index (χ4v) is 3.84. The number of aliphatic hydroxyl groups excluding tert-OH is 1. The summed E-state index contributed by atoms with van der Waals surface area (Å²) in [6.07, 6.45) is -0.330. The van der Waals surface area contributed by atoms with Gasteiger partial charge in [0.05, 0.1) is 6.10 Å². The third kappa shape index (κ3) is 5.46. The van der Waals surface area contributed by atoms with Gasteiger partial charge in [-0.25, -0.2) is 4.39 Å². The molecule has 0 aliphatic carbocycles. The molecule has 1 saturated heterocycles. The Labute approximate surface area is 153 Å². The first-order chi connectivity index (χ1) is 12.1. The van der Waals surface area contributed by atoms with Crippen LogP contribution in [-0.4, -0.2) is 54.6 Å². The summed E-state index contributed by atoms with van der Waals surface area (Å²) in [7, 11) is 0. The van der Waals surface area contributed by atoms with E-state index < -0.39 is 0 Å². The highest BCUT2D eigenvalue weighted by atomic mass is 32.2. The lowest BCUT2D eigenvalue weighted by Crippen LogP contribution is -2.48. The van der Waals surface area contributed by atoms with Gasteiger partial charge in [-0.1, -0.05) is 17.7 Å². The number of halogens is 1. The molecule has 134 valence electrons. The highest BCUT2D eigenvalue weighted by molar-refractivity contribution is 7.99. The number of anilines is 1. The van der Waals surface area contributed by atoms with Crippen molar-refractivity contribution in [1.29, 1.82) is 0 Å². The van der Waals surface area contributed by atoms with E-state index in [1.165, 1.54) is 22.6 Å². The fraction of sp³-hybridized carbons (Fsp3) is 0.400. The molecule has 1 aliphatic rings. The Morgan fingerprint density at radius 3 is 2.28 bits per heavy atom. The third-order valence-electron chi connectivity index (χ3n) is 4.50.